The lowest BCUT2D eigenvalue weighted by Crippen LogP contribution is -2.32. The number of aliphatic hydroxyl groups is 3. The summed E-state index contributed by atoms with van der Waals surface area (Å²) in [5, 5.41) is 30.1. The van der Waals surface area contributed by atoms with Gasteiger partial charge in [0.05, 0.1) is 37.6 Å². The van der Waals surface area contributed by atoms with Gasteiger partial charge in [0.25, 0.3) is 0 Å². The molecule has 4 aromatic rings. The molecule has 14 nitrogen and oxygen atoms in total. The minimum Gasteiger partial charge on any atom is -0.394 e. The maximum atomic E-state index is 9.87. The minimum atomic E-state index is -1.39. The Morgan fingerprint density at radius 1 is 0.737 bits per heavy atom. The number of ether oxygens (including phenoxy) is 2. The number of aliphatic imine (C=N–C) groups is 1. The standard InChI is InChI=1S/C11H13ClN4O2.C10H11ClN4O3.C7H18Si.C6H15ClSi.C4H5N/c1-2-7-6(17)3-8(18-7)16-5-15-9-10(12)13-4-14-11(9)16;11-9-8-10(13-3-12-9)15(4-14-8)7-1-5(17)6(2-16)18-7;1-7(2,3)8(4,5)6;1-6(2,3)8(4,5)7;1-2-4-5-3-1/h4-8,17H,2-3H2,1H3;3-7,16-17H,1-2H2;1-6H3;1-5H3;1,3-4H,2H2. The Kier molecular flexibility index (Phi) is 17.8. The predicted octanol–water partition coefficient (Wildman–Crippen LogP) is 8.99. The summed E-state index contributed by atoms with van der Waals surface area (Å²) in [6.07, 6.45) is 11.8. The van der Waals surface area contributed by atoms with Crippen LogP contribution in [0, 0.1) is 0 Å². The van der Waals surface area contributed by atoms with Crippen molar-refractivity contribution in [2.24, 2.45) is 4.99 Å². The highest BCUT2D eigenvalue weighted by Crippen LogP contribution is 2.38. The van der Waals surface area contributed by atoms with Gasteiger partial charge in [-0.25, -0.2) is 29.9 Å². The molecule has 0 amide bonds. The second kappa shape index (κ2) is 20.7. The summed E-state index contributed by atoms with van der Waals surface area (Å²) in [5.74, 6) is 0. The average molecular weight is 888 g/mol. The summed E-state index contributed by atoms with van der Waals surface area (Å²) in [5.41, 5.74) is 2.22. The SMILES string of the molecule is C1=CN=CC1.CC(C)(C)[Si](C)(C)C.CC(C)(C)[Si](C)(C)Cl.CCC1OC(n2cnc3c(Cl)ncnc32)CC1O.OCC1OC(n2cnc3c(Cl)ncnc32)CC1O. The zero-order valence-corrected chi connectivity index (χ0v) is 39.6. The topological polar surface area (TPSA) is 179 Å². The van der Waals surface area contributed by atoms with E-state index in [-0.39, 0.29) is 24.1 Å². The van der Waals surface area contributed by atoms with Crippen molar-refractivity contribution in [3.63, 3.8) is 0 Å². The van der Waals surface area contributed by atoms with Crippen LogP contribution in [0.1, 0.15) is 86.6 Å². The number of aromatic nitrogens is 8. The summed E-state index contributed by atoms with van der Waals surface area (Å²) >= 11 is 18.0. The van der Waals surface area contributed by atoms with Crippen molar-refractivity contribution in [3.05, 3.63) is 47.9 Å². The summed E-state index contributed by atoms with van der Waals surface area (Å²) in [6, 6.07) is 0. The molecule has 7 rings (SSSR count). The summed E-state index contributed by atoms with van der Waals surface area (Å²) in [6.45, 7) is 26.9. The molecule has 0 spiro atoms. The van der Waals surface area contributed by atoms with E-state index < -0.39 is 40.0 Å². The van der Waals surface area contributed by atoms with Gasteiger partial charge in [-0.1, -0.05) is 110 Å². The van der Waals surface area contributed by atoms with Gasteiger partial charge in [0.15, 0.2) is 29.0 Å². The van der Waals surface area contributed by atoms with Gasteiger partial charge in [0, 0.05) is 39.8 Å². The monoisotopic (exact) mass is 885 g/mol. The molecule has 57 heavy (non-hydrogen) atoms. The fraction of sp³-hybridized carbons (Fsp3) is 0.658. The Labute approximate surface area is 353 Å². The highest BCUT2D eigenvalue weighted by atomic mass is 35.6. The van der Waals surface area contributed by atoms with Crippen LogP contribution < -0.4 is 0 Å². The van der Waals surface area contributed by atoms with E-state index >= 15 is 0 Å². The van der Waals surface area contributed by atoms with Crippen molar-refractivity contribution in [3.8, 4) is 0 Å². The molecule has 6 atom stereocenters. The third-order valence-corrected chi connectivity index (χ3v) is 21.1. The van der Waals surface area contributed by atoms with Gasteiger partial charge in [0.1, 0.15) is 42.2 Å². The lowest BCUT2D eigenvalue weighted by atomic mass is 10.1. The number of hydrogen-bond donors (Lipinski definition) is 3. The first-order valence-electron chi connectivity index (χ1n) is 19.2. The molecule has 2 saturated heterocycles. The molecule has 0 saturated carbocycles. The van der Waals surface area contributed by atoms with Crippen LogP contribution in [-0.4, -0.2) is 107 Å². The van der Waals surface area contributed by atoms with Crippen LogP contribution in [0.4, 0.5) is 0 Å². The molecular weight excluding hydrogens is 825 g/mol. The van der Waals surface area contributed by atoms with Crippen molar-refractivity contribution < 1.29 is 24.8 Å². The normalized spacial score (nSPS) is 23.3. The van der Waals surface area contributed by atoms with Crippen molar-refractivity contribution in [1.29, 1.82) is 0 Å². The number of aliphatic hydroxyl groups excluding tert-OH is 3. The maximum Gasteiger partial charge on any atom is 0.166 e. The molecule has 4 aromatic heterocycles. The highest BCUT2D eigenvalue weighted by molar-refractivity contribution is 7.20. The number of allylic oxidation sites excluding steroid dienone is 1. The smallest absolute Gasteiger partial charge is 0.166 e. The van der Waals surface area contributed by atoms with Crippen molar-refractivity contribution in [2.75, 3.05) is 6.61 Å². The summed E-state index contributed by atoms with van der Waals surface area (Å²) < 4.78 is 14.8. The number of fused-ring (bicyclic) bond motifs is 2. The minimum absolute atomic E-state index is 0.134. The molecule has 318 valence electrons. The van der Waals surface area contributed by atoms with Crippen LogP contribution in [0.2, 0.25) is 53.1 Å². The van der Waals surface area contributed by atoms with Crippen LogP contribution in [-0.2, 0) is 9.47 Å². The number of imidazole rings is 2. The average Bonchev–Trinajstić information content (AvgIpc) is 3.95. The second-order valence-electron chi connectivity index (χ2n) is 17.6. The van der Waals surface area contributed by atoms with Crippen LogP contribution in [0.3, 0.4) is 0 Å². The molecule has 3 aliphatic heterocycles. The Balaban J connectivity index is 0.000000208. The van der Waals surface area contributed by atoms with Gasteiger partial charge < -0.3 is 24.8 Å². The zero-order chi connectivity index (χ0) is 42.9. The van der Waals surface area contributed by atoms with Crippen LogP contribution in [0.5, 0.6) is 0 Å². The Morgan fingerprint density at radius 2 is 1.16 bits per heavy atom. The quantitative estimate of drug-likeness (QED) is 0.101. The lowest BCUT2D eigenvalue weighted by molar-refractivity contribution is -0.0432. The van der Waals surface area contributed by atoms with E-state index in [1.165, 1.54) is 12.7 Å². The van der Waals surface area contributed by atoms with Crippen LogP contribution in [0.25, 0.3) is 22.3 Å². The Bertz CT molecular complexity index is 1760. The molecule has 7 heterocycles. The van der Waals surface area contributed by atoms with Crippen LogP contribution in [0.15, 0.2) is 42.6 Å². The molecule has 0 aromatic carbocycles. The summed E-state index contributed by atoms with van der Waals surface area (Å²) in [7, 11) is -2.25. The fourth-order valence-electron chi connectivity index (χ4n) is 4.68. The van der Waals surface area contributed by atoms with E-state index in [1.807, 2.05) is 19.2 Å². The number of halogens is 3. The number of nitrogens with zero attached hydrogens (tertiary/aromatic N) is 9. The van der Waals surface area contributed by atoms with Gasteiger partial charge in [-0.05, 0) is 16.5 Å². The molecule has 3 N–H and O–H groups in total. The molecular formula is C38H62Cl3N9O5Si2. The van der Waals surface area contributed by atoms with Crippen molar-refractivity contribution in [1.82, 2.24) is 39.0 Å². The maximum absolute atomic E-state index is 9.87. The van der Waals surface area contributed by atoms with E-state index in [2.05, 4.69) is 109 Å². The third-order valence-electron chi connectivity index (χ3n) is 10.8. The first-order chi connectivity index (χ1) is 26.4. The number of rotatable bonds is 4. The zero-order valence-electron chi connectivity index (χ0n) is 35.4. The van der Waals surface area contributed by atoms with E-state index in [4.69, 9.17) is 48.9 Å². The van der Waals surface area contributed by atoms with Gasteiger partial charge in [-0.15, -0.1) is 0 Å². The largest absolute Gasteiger partial charge is 0.394 e. The molecule has 19 heteroatoms. The molecule has 3 aliphatic rings. The van der Waals surface area contributed by atoms with Gasteiger partial charge in [-0.2, -0.15) is 11.1 Å². The Morgan fingerprint density at radius 3 is 1.44 bits per heavy atom. The van der Waals surface area contributed by atoms with Gasteiger partial charge >= 0.3 is 0 Å². The molecule has 0 radical (unpaired) electrons. The molecule has 2 fully saturated rings. The van der Waals surface area contributed by atoms with Gasteiger partial charge in [-0.3, -0.25) is 14.1 Å². The molecule has 0 aliphatic carbocycles. The fourth-order valence-corrected chi connectivity index (χ4v) is 5.03. The second-order valence-corrected chi connectivity index (χ2v) is 31.6. The third kappa shape index (κ3) is 13.6. The summed E-state index contributed by atoms with van der Waals surface area (Å²) in [4.78, 5) is 28.1. The van der Waals surface area contributed by atoms with E-state index in [0.717, 1.165) is 12.8 Å². The number of hydrogen-bond acceptors (Lipinski definition) is 12. The first-order valence-corrected chi connectivity index (χ1v) is 27.5. The van der Waals surface area contributed by atoms with Crippen molar-refractivity contribution in [2.45, 2.75) is 154 Å². The van der Waals surface area contributed by atoms with Crippen LogP contribution >= 0.6 is 34.3 Å². The van der Waals surface area contributed by atoms with E-state index in [9.17, 15) is 10.2 Å². The van der Waals surface area contributed by atoms with Crippen molar-refractivity contribution >= 4 is 78.3 Å². The highest BCUT2D eigenvalue weighted by Gasteiger charge is 2.36. The van der Waals surface area contributed by atoms with E-state index in [0.29, 0.717) is 50.4 Å². The van der Waals surface area contributed by atoms with Gasteiger partial charge in [0.2, 0.25) is 0 Å². The first kappa shape index (κ1) is 49.0. The molecule has 6 unspecified atom stereocenters. The Hall–Kier alpha value is -2.39. The predicted molar refractivity (Wildman–Crippen MR) is 235 cm³/mol. The van der Waals surface area contributed by atoms with E-state index in [1.54, 1.807) is 28.0 Å². The lowest BCUT2D eigenvalue weighted by Gasteiger charge is -2.32. The molecule has 0 bridgehead atoms.